The first-order valence-corrected chi connectivity index (χ1v) is 12.4. The Labute approximate surface area is 169 Å². The number of rotatable bonds is 10. The normalized spacial score (nSPS) is 25.3. The van der Waals surface area contributed by atoms with E-state index in [1.807, 2.05) is 0 Å². The zero-order valence-electron chi connectivity index (χ0n) is 18.3. The van der Waals surface area contributed by atoms with E-state index in [1.165, 1.54) is 103 Å². The Hall–Kier alpha value is -0.780. The van der Waals surface area contributed by atoms with Crippen LogP contribution in [0.2, 0.25) is 0 Å². The minimum atomic E-state index is 0.851. The van der Waals surface area contributed by atoms with Gasteiger partial charge in [-0.15, -0.1) is 0 Å². The molecule has 27 heavy (non-hydrogen) atoms. The molecule has 0 bridgehead atoms. The molecule has 0 radical (unpaired) electrons. The van der Waals surface area contributed by atoms with Crippen LogP contribution in [0, 0.1) is 11.8 Å². The van der Waals surface area contributed by atoms with Crippen LogP contribution in [-0.4, -0.2) is 0 Å². The van der Waals surface area contributed by atoms with Crippen molar-refractivity contribution in [3.05, 3.63) is 34.9 Å². The van der Waals surface area contributed by atoms with E-state index >= 15 is 0 Å². The molecule has 0 saturated heterocycles. The number of benzene rings is 1. The van der Waals surface area contributed by atoms with Gasteiger partial charge in [0.15, 0.2) is 0 Å². The molecule has 1 aromatic rings. The Morgan fingerprint density at radius 2 is 1.41 bits per heavy atom. The molecule has 1 aromatic carbocycles. The zero-order valence-corrected chi connectivity index (χ0v) is 18.3. The van der Waals surface area contributed by atoms with Gasteiger partial charge < -0.3 is 0 Å². The van der Waals surface area contributed by atoms with Gasteiger partial charge in [0.25, 0.3) is 0 Å². The van der Waals surface area contributed by atoms with Gasteiger partial charge in [0.1, 0.15) is 0 Å². The Morgan fingerprint density at radius 1 is 0.704 bits per heavy atom. The largest absolute Gasteiger partial charge is 0.0654 e. The van der Waals surface area contributed by atoms with Crippen LogP contribution in [0.3, 0.4) is 0 Å². The monoisotopic (exact) mass is 368 g/mol. The maximum absolute atomic E-state index is 2.62. The van der Waals surface area contributed by atoms with Crippen molar-refractivity contribution in [1.29, 1.82) is 0 Å². The minimum Gasteiger partial charge on any atom is -0.0654 e. The van der Waals surface area contributed by atoms with Crippen LogP contribution in [0.4, 0.5) is 0 Å². The van der Waals surface area contributed by atoms with E-state index in [0.29, 0.717) is 0 Å². The highest BCUT2D eigenvalue weighted by Crippen LogP contribution is 2.39. The summed E-state index contributed by atoms with van der Waals surface area (Å²) < 4.78 is 0. The second-order valence-corrected chi connectivity index (χ2v) is 9.70. The molecule has 0 aliphatic heterocycles. The second-order valence-electron chi connectivity index (χ2n) is 9.70. The number of fused-ring (bicyclic) bond motifs is 1. The molecule has 0 heterocycles. The van der Waals surface area contributed by atoms with Crippen LogP contribution in [0.25, 0.3) is 0 Å². The molecule has 1 unspecified atom stereocenters. The molecule has 0 heteroatoms. The fourth-order valence-corrected chi connectivity index (χ4v) is 5.68. The van der Waals surface area contributed by atoms with Gasteiger partial charge in [0, 0.05) is 0 Å². The molecule has 3 rings (SSSR count). The first-order valence-electron chi connectivity index (χ1n) is 12.4. The number of aryl methyl sites for hydroxylation is 1. The minimum absolute atomic E-state index is 0.851. The topological polar surface area (TPSA) is 0 Å². The lowest BCUT2D eigenvalue weighted by molar-refractivity contribution is 0.302. The highest BCUT2D eigenvalue weighted by molar-refractivity contribution is 5.36. The number of hydrogen-bond donors (Lipinski definition) is 0. The van der Waals surface area contributed by atoms with Crippen molar-refractivity contribution in [3.8, 4) is 0 Å². The molecule has 152 valence electrons. The maximum atomic E-state index is 2.62. The van der Waals surface area contributed by atoms with Crippen LogP contribution >= 0.6 is 0 Å². The van der Waals surface area contributed by atoms with Crippen molar-refractivity contribution in [2.24, 2.45) is 11.8 Å². The maximum Gasteiger partial charge on any atom is -0.0162 e. The third kappa shape index (κ3) is 6.37. The lowest BCUT2D eigenvalue weighted by Crippen LogP contribution is -2.16. The zero-order chi connectivity index (χ0) is 18.9. The van der Waals surface area contributed by atoms with Crippen LogP contribution in [-0.2, 0) is 12.8 Å². The first kappa shape index (κ1) is 20.9. The Bertz CT molecular complexity index is 535. The summed E-state index contributed by atoms with van der Waals surface area (Å²) in [5.41, 5.74) is 5.04. The average Bonchev–Trinajstić information content (AvgIpc) is 2.71. The van der Waals surface area contributed by atoms with Gasteiger partial charge in [-0.05, 0) is 79.4 Å². The molecule has 1 atom stereocenters. The first-order chi connectivity index (χ1) is 13.3. The van der Waals surface area contributed by atoms with E-state index in [1.54, 1.807) is 16.7 Å². The molecule has 1 fully saturated rings. The van der Waals surface area contributed by atoms with Crippen molar-refractivity contribution in [3.63, 3.8) is 0 Å². The SMILES string of the molecule is CCCCCCC1CCc2cc(C3CCC(CCCCC)CC3)ccc2C1. The van der Waals surface area contributed by atoms with Gasteiger partial charge in [-0.25, -0.2) is 0 Å². The molecule has 0 aromatic heterocycles. The molecule has 2 aliphatic carbocycles. The number of unbranched alkanes of at least 4 members (excludes halogenated alkanes) is 5. The summed E-state index contributed by atoms with van der Waals surface area (Å²) in [6.07, 6.45) is 22.9. The Morgan fingerprint density at radius 3 is 2.19 bits per heavy atom. The van der Waals surface area contributed by atoms with Gasteiger partial charge in [0.2, 0.25) is 0 Å². The Kier molecular flexibility index (Phi) is 8.75. The molecule has 1 saturated carbocycles. The van der Waals surface area contributed by atoms with E-state index in [2.05, 4.69) is 32.0 Å². The fraction of sp³-hybridized carbons (Fsp3) is 0.778. The fourth-order valence-electron chi connectivity index (χ4n) is 5.68. The van der Waals surface area contributed by atoms with Crippen molar-refractivity contribution in [2.75, 3.05) is 0 Å². The Balaban J connectivity index is 1.46. The third-order valence-corrected chi connectivity index (χ3v) is 7.56. The predicted octanol–water partition coefficient (Wildman–Crippen LogP) is 8.62. The third-order valence-electron chi connectivity index (χ3n) is 7.56. The standard InChI is InChI=1S/C27H44/c1-3-5-7-9-11-23-14-17-27-21-26(19-18-25(27)20-23)24-15-12-22(13-16-24)10-8-6-4-2/h18-19,21-24H,3-17,20H2,1-2H3. The molecule has 0 nitrogen and oxygen atoms in total. The highest BCUT2D eigenvalue weighted by Gasteiger charge is 2.24. The molecular weight excluding hydrogens is 324 g/mol. The van der Waals surface area contributed by atoms with Gasteiger partial charge in [0.05, 0.1) is 0 Å². The van der Waals surface area contributed by atoms with Crippen molar-refractivity contribution < 1.29 is 0 Å². The molecule has 0 spiro atoms. The van der Waals surface area contributed by atoms with Gasteiger partial charge in [-0.2, -0.15) is 0 Å². The quantitative estimate of drug-likeness (QED) is 0.362. The van der Waals surface area contributed by atoms with Crippen molar-refractivity contribution >= 4 is 0 Å². The van der Waals surface area contributed by atoms with E-state index in [-0.39, 0.29) is 0 Å². The number of hydrogen-bond acceptors (Lipinski definition) is 0. The molecular formula is C27H44. The lowest BCUT2D eigenvalue weighted by Gasteiger charge is -2.30. The molecule has 0 amide bonds. The summed E-state index contributed by atoms with van der Waals surface area (Å²) >= 11 is 0. The van der Waals surface area contributed by atoms with Crippen LogP contribution in [0.5, 0.6) is 0 Å². The summed E-state index contributed by atoms with van der Waals surface area (Å²) in [6, 6.07) is 7.63. The van der Waals surface area contributed by atoms with E-state index in [9.17, 15) is 0 Å². The van der Waals surface area contributed by atoms with E-state index < -0.39 is 0 Å². The summed E-state index contributed by atoms with van der Waals surface area (Å²) in [5.74, 6) is 2.84. The van der Waals surface area contributed by atoms with Crippen LogP contribution in [0.15, 0.2) is 18.2 Å². The van der Waals surface area contributed by atoms with Gasteiger partial charge in [-0.3, -0.25) is 0 Å². The van der Waals surface area contributed by atoms with Gasteiger partial charge >= 0.3 is 0 Å². The second kappa shape index (κ2) is 11.3. The smallest absolute Gasteiger partial charge is 0.0162 e. The summed E-state index contributed by atoms with van der Waals surface area (Å²) in [7, 11) is 0. The van der Waals surface area contributed by atoms with E-state index in [4.69, 9.17) is 0 Å². The summed E-state index contributed by atoms with van der Waals surface area (Å²) in [5, 5.41) is 0. The van der Waals surface area contributed by atoms with Crippen LogP contribution < -0.4 is 0 Å². The van der Waals surface area contributed by atoms with Crippen molar-refractivity contribution in [1.82, 2.24) is 0 Å². The lowest BCUT2D eigenvalue weighted by atomic mass is 9.75. The van der Waals surface area contributed by atoms with Crippen molar-refractivity contribution in [2.45, 2.75) is 122 Å². The predicted molar refractivity (Wildman–Crippen MR) is 120 cm³/mol. The molecule has 2 aliphatic rings. The summed E-state index contributed by atoms with van der Waals surface area (Å²) in [6.45, 7) is 4.63. The average molecular weight is 369 g/mol. The van der Waals surface area contributed by atoms with Gasteiger partial charge in [-0.1, -0.05) is 89.8 Å². The van der Waals surface area contributed by atoms with Crippen LogP contribution in [0.1, 0.15) is 126 Å². The molecule has 0 N–H and O–H groups in total. The van der Waals surface area contributed by atoms with E-state index in [0.717, 1.165) is 17.8 Å². The summed E-state index contributed by atoms with van der Waals surface area (Å²) in [4.78, 5) is 0. The highest BCUT2D eigenvalue weighted by atomic mass is 14.3.